The van der Waals surface area contributed by atoms with Crippen LogP contribution in [0.15, 0.2) is 84.0 Å². The van der Waals surface area contributed by atoms with E-state index >= 15 is 0 Å². The van der Waals surface area contributed by atoms with Crippen LogP contribution in [0.5, 0.6) is 0 Å². The van der Waals surface area contributed by atoms with Crippen LogP contribution in [0.25, 0.3) is 22.0 Å². The number of amides is 1. The van der Waals surface area contributed by atoms with Crippen molar-refractivity contribution >= 4 is 34.1 Å². The molecule has 0 aliphatic heterocycles. The van der Waals surface area contributed by atoms with Crippen LogP contribution in [-0.2, 0) is 4.79 Å². The average molecular weight is 414 g/mol. The monoisotopic (exact) mass is 413 g/mol. The fraction of sp³-hybridized carbons (Fsp3) is 0.160. The lowest BCUT2D eigenvalue weighted by Gasteiger charge is -2.16. The Morgan fingerprint density at radius 1 is 0.967 bits per heavy atom. The van der Waals surface area contributed by atoms with Crippen LogP contribution in [0.2, 0.25) is 0 Å². The molecule has 1 amide bonds. The number of hydrogen-bond acceptors (Lipinski definition) is 4. The van der Waals surface area contributed by atoms with Crippen molar-refractivity contribution in [2.75, 3.05) is 5.32 Å². The third kappa shape index (κ3) is 4.52. The zero-order valence-electron chi connectivity index (χ0n) is 17.0. The lowest BCUT2D eigenvalue weighted by atomic mass is 10.1. The number of benzene rings is 3. The van der Waals surface area contributed by atoms with Gasteiger partial charge in [0.05, 0.1) is 10.9 Å². The molecular weight excluding hydrogens is 390 g/mol. The molecule has 0 saturated heterocycles. The number of aryl methyl sites for hydroxylation is 1. The first kappa shape index (κ1) is 20.1. The minimum Gasteiger partial charge on any atom is -0.325 e. The topological polar surface area (TPSA) is 54.9 Å². The molecule has 0 unspecified atom stereocenters. The predicted molar refractivity (Wildman–Crippen MR) is 125 cm³/mol. The molecule has 4 nitrogen and oxygen atoms in total. The molecule has 4 aromatic rings. The normalized spacial score (nSPS) is 11.9. The Balaban J connectivity index is 1.56. The van der Waals surface area contributed by atoms with E-state index < -0.39 is 0 Å². The van der Waals surface area contributed by atoms with Crippen LogP contribution in [0, 0.1) is 6.92 Å². The van der Waals surface area contributed by atoms with Gasteiger partial charge in [0.25, 0.3) is 0 Å². The molecule has 30 heavy (non-hydrogen) atoms. The first-order chi connectivity index (χ1) is 14.6. The molecule has 0 radical (unpaired) electrons. The summed E-state index contributed by atoms with van der Waals surface area (Å²) in [4.78, 5) is 22.3. The summed E-state index contributed by atoms with van der Waals surface area (Å²) >= 11 is 1.41. The molecule has 0 aliphatic carbocycles. The highest BCUT2D eigenvalue weighted by Crippen LogP contribution is 2.28. The maximum atomic E-state index is 13.0. The van der Waals surface area contributed by atoms with Crippen molar-refractivity contribution in [2.45, 2.75) is 30.7 Å². The van der Waals surface area contributed by atoms with Crippen molar-refractivity contribution < 1.29 is 4.79 Å². The summed E-state index contributed by atoms with van der Waals surface area (Å²) in [6.45, 7) is 3.96. The van der Waals surface area contributed by atoms with Crippen molar-refractivity contribution in [1.29, 1.82) is 0 Å². The van der Waals surface area contributed by atoms with E-state index in [1.807, 2.05) is 92.7 Å². The van der Waals surface area contributed by atoms with E-state index in [1.165, 1.54) is 11.8 Å². The molecule has 1 atom stereocenters. The molecule has 5 heteroatoms. The Labute approximate surface area is 180 Å². The Kier molecular flexibility index (Phi) is 6.10. The van der Waals surface area contributed by atoms with Gasteiger partial charge in [-0.25, -0.2) is 9.97 Å². The molecular formula is C25H23N3OS. The van der Waals surface area contributed by atoms with Gasteiger partial charge in [-0.1, -0.05) is 85.4 Å². The van der Waals surface area contributed by atoms with Crippen molar-refractivity contribution in [3.05, 3.63) is 84.6 Å². The summed E-state index contributed by atoms with van der Waals surface area (Å²) in [5.41, 5.74) is 3.62. The number of nitrogens with zero attached hydrogens (tertiary/aromatic N) is 2. The quantitative estimate of drug-likeness (QED) is 0.306. The Bertz CT molecular complexity index is 1170. The predicted octanol–water partition coefficient (Wildman–Crippen LogP) is 6.11. The van der Waals surface area contributed by atoms with Gasteiger partial charge in [0.15, 0.2) is 5.16 Å². The first-order valence-corrected chi connectivity index (χ1v) is 10.9. The Morgan fingerprint density at radius 3 is 2.50 bits per heavy atom. The number of aromatic nitrogens is 2. The van der Waals surface area contributed by atoms with Crippen LogP contribution in [-0.4, -0.2) is 21.1 Å². The van der Waals surface area contributed by atoms with Gasteiger partial charge in [-0.3, -0.25) is 4.79 Å². The summed E-state index contributed by atoms with van der Waals surface area (Å²) in [7, 11) is 0. The lowest BCUT2D eigenvalue weighted by molar-refractivity contribution is -0.115. The van der Waals surface area contributed by atoms with Gasteiger partial charge in [0.2, 0.25) is 5.91 Å². The van der Waals surface area contributed by atoms with Gasteiger partial charge >= 0.3 is 0 Å². The second-order valence-electron chi connectivity index (χ2n) is 7.07. The van der Waals surface area contributed by atoms with Crippen LogP contribution >= 0.6 is 11.8 Å². The van der Waals surface area contributed by atoms with Crippen LogP contribution in [0.3, 0.4) is 0 Å². The highest BCUT2D eigenvalue weighted by molar-refractivity contribution is 8.00. The Morgan fingerprint density at radius 2 is 1.70 bits per heavy atom. The van der Waals surface area contributed by atoms with Crippen molar-refractivity contribution in [1.82, 2.24) is 9.97 Å². The van der Waals surface area contributed by atoms with E-state index in [1.54, 1.807) is 0 Å². The number of hydrogen-bond donors (Lipinski definition) is 1. The van der Waals surface area contributed by atoms with Crippen molar-refractivity contribution in [2.24, 2.45) is 0 Å². The SMILES string of the molecule is CC[C@H](Sc1nc(C)cc(-c2ccccc2)n1)C(=O)Nc1cccc2ccccc12. The molecule has 0 spiro atoms. The maximum absolute atomic E-state index is 13.0. The van der Waals surface area contributed by atoms with Gasteiger partial charge in [-0.05, 0) is 30.9 Å². The van der Waals surface area contributed by atoms with Gasteiger partial charge < -0.3 is 5.32 Å². The van der Waals surface area contributed by atoms with Crippen LogP contribution in [0.4, 0.5) is 5.69 Å². The lowest BCUT2D eigenvalue weighted by Crippen LogP contribution is -2.25. The van der Waals surface area contributed by atoms with E-state index in [2.05, 4.69) is 10.3 Å². The van der Waals surface area contributed by atoms with Gasteiger partial charge in [0.1, 0.15) is 0 Å². The standard InChI is InChI=1S/C25H23N3OS/c1-3-23(24(29)27-21-15-9-13-18-10-7-8-14-20(18)21)30-25-26-17(2)16-22(28-25)19-11-5-4-6-12-19/h4-16,23H,3H2,1-2H3,(H,27,29)/t23-/m0/s1. The Hall–Kier alpha value is -3.18. The van der Waals surface area contributed by atoms with Crippen molar-refractivity contribution in [3.8, 4) is 11.3 Å². The maximum Gasteiger partial charge on any atom is 0.237 e. The number of nitrogens with one attached hydrogen (secondary N) is 1. The number of anilines is 1. The van der Waals surface area contributed by atoms with Gasteiger partial charge in [-0.15, -0.1) is 0 Å². The fourth-order valence-electron chi connectivity index (χ4n) is 3.35. The number of fused-ring (bicyclic) bond motifs is 1. The zero-order valence-corrected chi connectivity index (χ0v) is 17.8. The van der Waals surface area contributed by atoms with Crippen molar-refractivity contribution in [3.63, 3.8) is 0 Å². The highest BCUT2D eigenvalue weighted by atomic mass is 32.2. The average Bonchev–Trinajstić information content (AvgIpc) is 2.78. The second kappa shape index (κ2) is 9.09. The smallest absolute Gasteiger partial charge is 0.237 e. The summed E-state index contributed by atoms with van der Waals surface area (Å²) in [6, 6.07) is 26.0. The molecule has 0 bridgehead atoms. The van der Waals surface area contributed by atoms with E-state index in [0.717, 1.165) is 33.4 Å². The molecule has 0 aliphatic rings. The molecule has 150 valence electrons. The molecule has 3 aromatic carbocycles. The van der Waals surface area contributed by atoms with Crippen LogP contribution < -0.4 is 5.32 Å². The summed E-state index contributed by atoms with van der Waals surface area (Å²) in [5.74, 6) is -0.0368. The number of carbonyl (C=O) groups excluding carboxylic acids is 1. The molecule has 4 rings (SSSR count). The third-order valence-electron chi connectivity index (χ3n) is 4.86. The molecule has 1 N–H and O–H groups in total. The zero-order chi connectivity index (χ0) is 20.9. The second-order valence-corrected chi connectivity index (χ2v) is 8.24. The van der Waals surface area contributed by atoms with E-state index in [0.29, 0.717) is 11.6 Å². The number of rotatable bonds is 6. The molecule has 0 fully saturated rings. The molecule has 1 heterocycles. The van der Waals surface area contributed by atoms with Gasteiger partial charge in [-0.2, -0.15) is 0 Å². The number of carbonyl (C=O) groups is 1. The number of thioether (sulfide) groups is 1. The largest absolute Gasteiger partial charge is 0.325 e. The molecule has 0 saturated carbocycles. The third-order valence-corrected chi connectivity index (χ3v) is 6.09. The van der Waals surface area contributed by atoms with E-state index in [4.69, 9.17) is 4.98 Å². The summed E-state index contributed by atoms with van der Waals surface area (Å²) in [6.07, 6.45) is 0.680. The highest BCUT2D eigenvalue weighted by Gasteiger charge is 2.21. The van der Waals surface area contributed by atoms with Crippen LogP contribution in [0.1, 0.15) is 19.0 Å². The fourth-order valence-corrected chi connectivity index (χ4v) is 4.28. The molecule has 1 aromatic heterocycles. The first-order valence-electron chi connectivity index (χ1n) is 10.0. The minimum absolute atomic E-state index is 0.0368. The van der Waals surface area contributed by atoms with E-state index in [9.17, 15) is 4.79 Å². The minimum atomic E-state index is -0.283. The van der Waals surface area contributed by atoms with Gasteiger partial charge in [0, 0.05) is 22.3 Å². The summed E-state index contributed by atoms with van der Waals surface area (Å²) in [5, 5.41) is 5.57. The summed E-state index contributed by atoms with van der Waals surface area (Å²) < 4.78 is 0. The van der Waals surface area contributed by atoms with E-state index in [-0.39, 0.29) is 11.2 Å².